The molecule has 1 N–H and O–H groups in total. The molecule has 3 fully saturated rings. The molecule has 5 rings (SSSR count). The van der Waals surface area contributed by atoms with E-state index in [-0.39, 0.29) is 48.0 Å². The van der Waals surface area contributed by atoms with Crippen LogP contribution in [-0.4, -0.2) is 69.5 Å². The van der Waals surface area contributed by atoms with Gasteiger partial charge in [0.25, 0.3) is 5.91 Å². The van der Waals surface area contributed by atoms with Crippen LogP contribution < -0.4 is 9.80 Å². The van der Waals surface area contributed by atoms with Crippen LogP contribution >= 0.6 is 23.4 Å². The molecule has 7 nitrogen and oxygen atoms in total. The maximum Gasteiger partial charge on any atom is 0.251 e. The molecule has 240 valence electrons. The number of nitrogens with zero attached hydrogens (tertiary/aromatic N) is 3. The molecule has 2 aromatic carbocycles. The number of thioether (sulfide) groups is 1. The Labute approximate surface area is 276 Å². The van der Waals surface area contributed by atoms with Crippen LogP contribution in [0.2, 0.25) is 5.02 Å². The van der Waals surface area contributed by atoms with E-state index < -0.39 is 28.7 Å². The van der Waals surface area contributed by atoms with E-state index in [1.807, 2.05) is 63.2 Å². The number of fused-ring (bicyclic) bond motifs is 1. The molecule has 3 heterocycles. The quantitative estimate of drug-likeness (QED) is 0.280. The highest BCUT2D eigenvalue weighted by Gasteiger charge is 2.77. The fraction of sp³-hybridized carbons (Fsp3) is 0.472. The van der Waals surface area contributed by atoms with Gasteiger partial charge < -0.3 is 19.8 Å². The second kappa shape index (κ2) is 13.3. The minimum absolute atomic E-state index is 0.0248. The van der Waals surface area contributed by atoms with Crippen molar-refractivity contribution >= 4 is 52.5 Å². The largest absolute Gasteiger partial charge is 0.394 e. The lowest BCUT2D eigenvalue weighted by molar-refractivity contribution is -0.143. The molecule has 3 saturated heterocycles. The number of likely N-dealkylation sites (tertiary alicyclic amines) is 1. The second-order valence-electron chi connectivity index (χ2n) is 12.6. The van der Waals surface area contributed by atoms with E-state index in [1.165, 1.54) is 0 Å². The van der Waals surface area contributed by atoms with E-state index in [4.69, 9.17) is 11.6 Å². The van der Waals surface area contributed by atoms with Gasteiger partial charge in [-0.2, -0.15) is 0 Å². The third-order valence-electron chi connectivity index (χ3n) is 10.2. The van der Waals surface area contributed by atoms with Crippen LogP contribution in [0.4, 0.5) is 11.4 Å². The van der Waals surface area contributed by atoms with E-state index >= 15 is 4.79 Å². The van der Waals surface area contributed by atoms with E-state index in [2.05, 4.69) is 20.1 Å². The lowest BCUT2D eigenvalue weighted by Gasteiger charge is -2.43. The Morgan fingerprint density at radius 2 is 1.78 bits per heavy atom. The highest BCUT2D eigenvalue weighted by molar-refractivity contribution is 8.02. The molecule has 1 spiro atoms. The van der Waals surface area contributed by atoms with Crippen molar-refractivity contribution < 1.29 is 19.5 Å². The molecule has 3 aliphatic heterocycles. The molecule has 3 aliphatic rings. The summed E-state index contributed by atoms with van der Waals surface area (Å²) in [6, 6.07) is 13.5. The zero-order valence-electron chi connectivity index (χ0n) is 26.6. The first-order valence-electron chi connectivity index (χ1n) is 15.8. The van der Waals surface area contributed by atoms with Gasteiger partial charge in [0, 0.05) is 24.0 Å². The number of hydrogen-bond acceptors (Lipinski definition) is 5. The number of benzene rings is 2. The van der Waals surface area contributed by atoms with Gasteiger partial charge in [0.1, 0.15) is 6.04 Å². The molecular formula is C36H44ClN3O4S. The van der Waals surface area contributed by atoms with Crippen molar-refractivity contribution in [3.8, 4) is 0 Å². The minimum atomic E-state index is -0.899. The van der Waals surface area contributed by atoms with Gasteiger partial charge in [-0.15, -0.1) is 24.9 Å². The van der Waals surface area contributed by atoms with Gasteiger partial charge in [0.2, 0.25) is 11.8 Å². The van der Waals surface area contributed by atoms with Crippen LogP contribution in [0.25, 0.3) is 0 Å². The van der Waals surface area contributed by atoms with Gasteiger partial charge in [-0.25, -0.2) is 0 Å². The van der Waals surface area contributed by atoms with Crippen molar-refractivity contribution in [3.63, 3.8) is 0 Å². The SMILES string of the molecule is C=CCN(C(=O)[C@@H]1[C@H]2C(=O)N([C@@H](CO)[C@@H](C)CC)C(C(=O)N(CC=C)c3c(C)cccc3Cl)C23S[C@@H]1CC3C)c1ccccc1. The molecule has 0 saturated carbocycles. The maximum absolute atomic E-state index is 15.2. The number of aliphatic hydroxyl groups is 1. The fourth-order valence-corrected chi connectivity index (χ4v) is 10.7. The van der Waals surface area contributed by atoms with Crippen LogP contribution in [0.3, 0.4) is 0 Å². The highest BCUT2D eigenvalue weighted by Crippen LogP contribution is 2.69. The standard InChI is InChI=1S/C36H44ClN3O4S/c1-7-18-38(25-15-11-10-12-16-25)33(42)29-28-20-24(6)36(45-28)30(29)34(43)40(27(21-41)22(4)9-3)32(36)35(44)39(19-8-2)31-23(5)14-13-17-26(31)37/h7-8,10-17,22,24,27-30,32,41H,1-2,9,18-21H2,3-6H3/t22-,24?,27-,28+,29-,30-,32?,36?/m0/s1. The summed E-state index contributed by atoms with van der Waals surface area (Å²) in [6.45, 7) is 16.1. The number of hydrogen-bond donors (Lipinski definition) is 1. The summed E-state index contributed by atoms with van der Waals surface area (Å²) in [7, 11) is 0. The zero-order chi connectivity index (χ0) is 32.6. The summed E-state index contributed by atoms with van der Waals surface area (Å²) in [5.41, 5.74) is 2.15. The molecular weight excluding hydrogens is 606 g/mol. The van der Waals surface area contributed by atoms with Crippen LogP contribution in [0.1, 0.15) is 39.2 Å². The third kappa shape index (κ3) is 5.33. The Hall–Kier alpha value is -3.07. The Morgan fingerprint density at radius 1 is 1.11 bits per heavy atom. The summed E-state index contributed by atoms with van der Waals surface area (Å²) in [4.78, 5) is 49.7. The molecule has 0 radical (unpaired) electrons. The lowest BCUT2D eigenvalue weighted by Crippen LogP contribution is -2.60. The van der Waals surface area contributed by atoms with E-state index in [9.17, 15) is 14.7 Å². The van der Waals surface area contributed by atoms with E-state index in [0.717, 1.165) is 11.3 Å². The first-order valence-corrected chi connectivity index (χ1v) is 17.1. The van der Waals surface area contributed by atoms with Gasteiger partial charge in [0.15, 0.2) is 0 Å². The number of aryl methyl sites for hydroxylation is 1. The molecule has 0 aromatic heterocycles. The molecule has 3 unspecified atom stereocenters. The highest BCUT2D eigenvalue weighted by atomic mass is 35.5. The monoisotopic (exact) mass is 649 g/mol. The van der Waals surface area contributed by atoms with Crippen molar-refractivity contribution in [3.05, 3.63) is 84.4 Å². The number of anilines is 2. The Bertz CT molecular complexity index is 1450. The molecule has 45 heavy (non-hydrogen) atoms. The maximum atomic E-state index is 15.2. The van der Waals surface area contributed by atoms with Crippen molar-refractivity contribution in [1.29, 1.82) is 0 Å². The van der Waals surface area contributed by atoms with Gasteiger partial charge in [-0.3, -0.25) is 14.4 Å². The summed E-state index contributed by atoms with van der Waals surface area (Å²) in [5, 5.41) is 11.1. The van der Waals surface area contributed by atoms with Crippen LogP contribution in [0.15, 0.2) is 73.8 Å². The minimum Gasteiger partial charge on any atom is -0.394 e. The second-order valence-corrected chi connectivity index (χ2v) is 14.6. The molecule has 8 atom stereocenters. The first-order chi connectivity index (χ1) is 21.6. The van der Waals surface area contributed by atoms with Crippen molar-refractivity contribution in [2.24, 2.45) is 23.7 Å². The summed E-state index contributed by atoms with van der Waals surface area (Å²) < 4.78 is -0.856. The third-order valence-corrected chi connectivity index (χ3v) is 12.6. The number of amides is 3. The molecule has 2 bridgehead atoms. The zero-order valence-corrected chi connectivity index (χ0v) is 28.1. The number of carbonyl (C=O) groups excluding carboxylic acids is 3. The Balaban J connectivity index is 1.67. The van der Waals surface area contributed by atoms with Crippen molar-refractivity contribution in [2.75, 3.05) is 29.5 Å². The summed E-state index contributed by atoms with van der Waals surface area (Å²) in [5.74, 6) is -2.06. The normalized spacial score (nSPS) is 28.0. The fourth-order valence-electron chi connectivity index (χ4n) is 7.97. The Kier molecular flexibility index (Phi) is 9.87. The van der Waals surface area contributed by atoms with Gasteiger partial charge >= 0.3 is 0 Å². The molecule has 9 heteroatoms. The predicted molar refractivity (Wildman–Crippen MR) is 184 cm³/mol. The molecule has 3 amide bonds. The van der Waals surface area contributed by atoms with Crippen molar-refractivity contribution in [1.82, 2.24) is 4.90 Å². The van der Waals surface area contributed by atoms with Crippen LogP contribution in [0.5, 0.6) is 0 Å². The number of carbonyl (C=O) groups is 3. The molecule has 2 aromatic rings. The van der Waals surface area contributed by atoms with E-state index in [1.54, 1.807) is 44.7 Å². The first kappa shape index (κ1) is 33.3. The average molecular weight is 650 g/mol. The number of aliphatic hydroxyl groups excluding tert-OH is 1. The van der Waals surface area contributed by atoms with Gasteiger partial charge in [-0.05, 0) is 48.9 Å². The number of para-hydroxylation sites is 2. The molecule has 0 aliphatic carbocycles. The van der Waals surface area contributed by atoms with Crippen LogP contribution in [0, 0.1) is 30.6 Å². The summed E-state index contributed by atoms with van der Waals surface area (Å²) in [6.07, 6.45) is 4.78. The predicted octanol–water partition coefficient (Wildman–Crippen LogP) is 6.13. The van der Waals surface area contributed by atoms with Gasteiger partial charge in [0.05, 0.1) is 39.9 Å². The van der Waals surface area contributed by atoms with Crippen LogP contribution in [-0.2, 0) is 14.4 Å². The number of rotatable bonds is 12. The van der Waals surface area contributed by atoms with Crippen molar-refractivity contribution in [2.45, 2.75) is 62.6 Å². The lowest BCUT2D eigenvalue weighted by atomic mass is 9.65. The summed E-state index contributed by atoms with van der Waals surface area (Å²) >= 11 is 8.36. The average Bonchev–Trinajstić information content (AvgIpc) is 3.63. The topological polar surface area (TPSA) is 81.2 Å². The van der Waals surface area contributed by atoms with Gasteiger partial charge in [-0.1, -0.05) is 81.3 Å². The van der Waals surface area contributed by atoms with E-state index in [0.29, 0.717) is 30.1 Å². The number of halogens is 1. The smallest absolute Gasteiger partial charge is 0.251 e. The Morgan fingerprint density at radius 3 is 2.38 bits per heavy atom.